The molecule has 0 aromatic heterocycles. The van der Waals surface area contributed by atoms with E-state index in [4.69, 9.17) is 15.2 Å². The summed E-state index contributed by atoms with van der Waals surface area (Å²) in [6, 6.07) is 0. The first-order valence-electron chi connectivity index (χ1n) is 5.83. The maximum absolute atomic E-state index is 11.0. The number of ether oxygens (including phenoxy) is 2. The fourth-order valence-electron chi connectivity index (χ4n) is 1.09. The minimum absolute atomic E-state index is 0.0800. The van der Waals surface area contributed by atoms with Gasteiger partial charge in [-0.25, -0.2) is 0 Å². The summed E-state index contributed by atoms with van der Waals surface area (Å²) in [4.78, 5) is 11.0. The first-order valence-corrected chi connectivity index (χ1v) is 5.83. The fourth-order valence-corrected chi connectivity index (χ4v) is 1.09. The van der Waals surface area contributed by atoms with Crippen LogP contribution in [0.4, 0.5) is 0 Å². The number of nitrogens with one attached hydrogen (secondary N) is 1. The lowest BCUT2D eigenvalue weighted by Gasteiger charge is -2.05. The number of carbonyl (C=O) groups excluding carboxylic acids is 1. The van der Waals surface area contributed by atoms with Gasteiger partial charge in [0.2, 0.25) is 5.78 Å². The van der Waals surface area contributed by atoms with E-state index in [0.29, 0.717) is 39.5 Å². The molecule has 17 heavy (non-hydrogen) atoms. The summed E-state index contributed by atoms with van der Waals surface area (Å²) < 4.78 is 10.5. The molecule has 0 aliphatic rings. The van der Waals surface area contributed by atoms with Crippen molar-refractivity contribution in [3.05, 3.63) is 0 Å². The van der Waals surface area contributed by atoms with Gasteiger partial charge < -0.3 is 20.5 Å². The molecule has 0 fully saturated rings. The Balaban J connectivity index is 3.07. The maximum atomic E-state index is 11.0. The summed E-state index contributed by atoms with van der Waals surface area (Å²) in [6.45, 7) is 5.64. The Morgan fingerprint density at radius 2 is 1.94 bits per heavy atom. The van der Waals surface area contributed by atoms with Gasteiger partial charge in [0.1, 0.15) is 0 Å². The van der Waals surface area contributed by atoms with Gasteiger partial charge in [-0.1, -0.05) is 5.92 Å². The summed E-state index contributed by atoms with van der Waals surface area (Å²) in [7, 11) is 0. The molecule has 0 aromatic carbocycles. The van der Waals surface area contributed by atoms with E-state index in [1.165, 1.54) is 0 Å². The monoisotopic (exact) mass is 242 g/mol. The van der Waals surface area contributed by atoms with E-state index < -0.39 is 0 Å². The Bertz CT molecular complexity index is 246. The number of nitrogens with two attached hydrogens (primary N) is 1. The molecule has 0 aliphatic heterocycles. The molecule has 0 atom stereocenters. The highest BCUT2D eigenvalue weighted by molar-refractivity contribution is 5.96. The average Bonchev–Trinajstić information content (AvgIpc) is 2.32. The van der Waals surface area contributed by atoms with Gasteiger partial charge in [-0.05, 0) is 25.8 Å². The van der Waals surface area contributed by atoms with Crippen LogP contribution in [0.25, 0.3) is 0 Å². The molecule has 3 N–H and O–H groups in total. The summed E-state index contributed by atoms with van der Waals surface area (Å²) in [5, 5.41) is 3.00. The molecule has 5 heteroatoms. The van der Waals surface area contributed by atoms with Gasteiger partial charge in [0.05, 0.1) is 26.4 Å². The van der Waals surface area contributed by atoms with E-state index in [1.54, 1.807) is 6.92 Å². The van der Waals surface area contributed by atoms with E-state index in [-0.39, 0.29) is 5.78 Å². The van der Waals surface area contributed by atoms with Crippen LogP contribution in [0.1, 0.15) is 13.3 Å². The summed E-state index contributed by atoms with van der Waals surface area (Å²) in [5.74, 6) is 4.95. The molecule has 0 saturated heterocycles. The molecular formula is C12H22N2O3. The molecule has 0 heterocycles. The highest BCUT2D eigenvalue weighted by Gasteiger charge is 1.95. The Morgan fingerprint density at radius 1 is 1.24 bits per heavy atom. The van der Waals surface area contributed by atoms with Crippen molar-refractivity contribution in [2.24, 2.45) is 5.73 Å². The first kappa shape index (κ1) is 16.1. The lowest BCUT2D eigenvalue weighted by molar-refractivity contribution is -0.113. The van der Waals surface area contributed by atoms with Crippen molar-refractivity contribution >= 4 is 5.78 Å². The second-order valence-electron chi connectivity index (χ2n) is 3.34. The second kappa shape index (κ2) is 13.1. The molecule has 0 aromatic rings. The first-order chi connectivity index (χ1) is 8.31. The average molecular weight is 242 g/mol. The third kappa shape index (κ3) is 13.0. The summed E-state index contributed by atoms with van der Waals surface area (Å²) >= 11 is 0. The van der Waals surface area contributed by atoms with Crippen LogP contribution in [0.3, 0.4) is 0 Å². The molecule has 0 bridgehead atoms. The zero-order valence-electron chi connectivity index (χ0n) is 10.5. The topological polar surface area (TPSA) is 73.6 Å². The van der Waals surface area contributed by atoms with Crippen LogP contribution in [-0.4, -0.2) is 51.8 Å². The van der Waals surface area contributed by atoms with E-state index in [9.17, 15) is 4.79 Å². The van der Waals surface area contributed by atoms with Gasteiger partial charge >= 0.3 is 0 Å². The lowest BCUT2D eigenvalue weighted by atomic mass is 10.3. The molecule has 0 radical (unpaired) electrons. The Hall–Kier alpha value is -0.930. The minimum Gasteiger partial charge on any atom is -0.379 e. The minimum atomic E-state index is -0.0800. The summed E-state index contributed by atoms with van der Waals surface area (Å²) in [6.07, 6.45) is 0.865. The standard InChI is InChI=1S/C12H22N2O3/c1-2-4-12(15)11-14-6-3-7-16-9-10-17-8-5-13/h14H,3,5-11,13H2,1H3. The van der Waals surface area contributed by atoms with Gasteiger partial charge in [0.25, 0.3) is 0 Å². The Kier molecular flexibility index (Phi) is 12.4. The van der Waals surface area contributed by atoms with Crippen molar-refractivity contribution in [2.75, 3.05) is 46.1 Å². The molecular weight excluding hydrogens is 220 g/mol. The molecule has 0 saturated carbocycles. The van der Waals surface area contributed by atoms with Crippen molar-refractivity contribution in [1.29, 1.82) is 0 Å². The van der Waals surface area contributed by atoms with Crippen LogP contribution in [0.5, 0.6) is 0 Å². The predicted octanol–water partition coefficient (Wildman–Crippen LogP) is -0.450. The molecule has 0 amide bonds. The van der Waals surface area contributed by atoms with Gasteiger partial charge in [-0.3, -0.25) is 4.79 Å². The summed E-state index contributed by atoms with van der Waals surface area (Å²) in [5.41, 5.74) is 5.26. The highest BCUT2D eigenvalue weighted by Crippen LogP contribution is 1.82. The van der Waals surface area contributed by atoms with Crippen molar-refractivity contribution in [1.82, 2.24) is 5.32 Å². The maximum Gasteiger partial charge on any atom is 0.219 e. The molecule has 0 aliphatic carbocycles. The van der Waals surface area contributed by atoms with E-state index in [0.717, 1.165) is 13.0 Å². The smallest absolute Gasteiger partial charge is 0.219 e. The Labute approximate surface area is 103 Å². The van der Waals surface area contributed by atoms with Crippen LogP contribution < -0.4 is 11.1 Å². The second-order valence-corrected chi connectivity index (χ2v) is 3.34. The van der Waals surface area contributed by atoms with E-state index in [2.05, 4.69) is 17.2 Å². The third-order valence-electron chi connectivity index (χ3n) is 1.83. The zero-order chi connectivity index (χ0) is 12.8. The predicted molar refractivity (Wildman–Crippen MR) is 66.6 cm³/mol. The highest BCUT2D eigenvalue weighted by atomic mass is 16.5. The van der Waals surface area contributed by atoms with Crippen LogP contribution in [0.2, 0.25) is 0 Å². The number of hydrogen-bond donors (Lipinski definition) is 2. The zero-order valence-corrected chi connectivity index (χ0v) is 10.5. The normalized spacial score (nSPS) is 9.76. The van der Waals surface area contributed by atoms with Crippen LogP contribution in [-0.2, 0) is 14.3 Å². The molecule has 0 spiro atoms. The van der Waals surface area contributed by atoms with Gasteiger partial charge in [0, 0.05) is 13.2 Å². The number of carbonyl (C=O) groups is 1. The van der Waals surface area contributed by atoms with E-state index in [1.807, 2.05) is 0 Å². The van der Waals surface area contributed by atoms with Crippen molar-refractivity contribution in [3.8, 4) is 11.8 Å². The Morgan fingerprint density at radius 3 is 2.59 bits per heavy atom. The van der Waals surface area contributed by atoms with Gasteiger partial charge in [-0.15, -0.1) is 0 Å². The number of rotatable bonds is 11. The van der Waals surface area contributed by atoms with Gasteiger partial charge in [-0.2, -0.15) is 0 Å². The number of Topliss-reactive ketones (excluding diaryl/α,β-unsaturated/α-hetero) is 1. The molecule has 98 valence electrons. The fraction of sp³-hybridized carbons (Fsp3) is 0.750. The van der Waals surface area contributed by atoms with Crippen molar-refractivity contribution < 1.29 is 14.3 Å². The van der Waals surface area contributed by atoms with Crippen LogP contribution >= 0.6 is 0 Å². The quantitative estimate of drug-likeness (QED) is 0.292. The molecule has 5 nitrogen and oxygen atoms in total. The van der Waals surface area contributed by atoms with Crippen molar-refractivity contribution in [3.63, 3.8) is 0 Å². The molecule has 0 unspecified atom stereocenters. The van der Waals surface area contributed by atoms with Crippen LogP contribution in [0.15, 0.2) is 0 Å². The van der Waals surface area contributed by atoms with Gasteiger partial charge in [0.15, 0.2) is 0 Å². The molecule has 0 rings (SSSR count). The number of ketones is 1. The third-order valence-corrected chi connectivity index (χ3v) is 1.83. The van der Waals surface area contributed by atoms with Crippen LogP contribution in [0, 0.1) is 11.8 Å². The van der Waals surface area contributed by atoms with E-state index >= 15 is 0 Å². The van der Waals surface area contributed by atoms with Crippen molar-refractivity contribution in [2.45, 2.75) is 13.3 Å². The largest absolute Gasteiger partial charge is 0.379 e. The SMILES string of the molecule is CC#CC(=O)CNCCCOCCOCCN. The number of hydrogen-bond acceptors (Lipinski definition) is 5. The lowest BCUT2D eigenvalue weighted by Crippen LogP contribution is -2.24.